The first-order valence-electron chi connectivity index (χ1n) is 5.32. The summed E-state index contributed by atoms with van der Waals surface area (Å²) in [5.41, 5.74) is 0. The average molecular weight is 184 g/mol. The summed E-state index contributed by atoms with van der Waals surface area (Å²) in [6.07, 6.45) is 5.02. The van der Waals surface area contributed by atoms with E-state index in [4.69, 9.17) is 4.74 Å². The Morgan fingerprint density at radius 3 is 2.77 bits per heavy atom. The van der Waals surface area contributed by atoms with Crippen molar-refractivity contribution in [1.29, 1.82) is 0 Å². The Balaban J connectivity index is 2.18. The van der Waals surface area contributed by atoms with Gasteiger partial charge in [0.25, 0.3) is 0 Å². The lowest BCUT2D eigenvalue weighted by atomic mass is 9.99. The minimum atomic E-state index is 0.222. The van der Waals surface area contributed by atoms with Gasteiger partial charge in [-0.15, -0.1) is 0 Å². The third-order valence-corrected chi connectivity index (χ3v) is 2.37. The summed E-state index contributed by atoms with van der Waals surface area (Å²) in [5.74, 6) is 0.845. The highest BCUT2D eigenvalue weighted by Crippen LogP contribution is 2.17. The molecule has 0 aliphatic carbocycles. The van der Waals surface area contributed by atoms with Crippen LogP contribution in [0, 0.1) is 5.92 Å². The van der Waals surface area contributed by atoms with E-state index in [1.165, 1.54) is 6.42 Å². The summed E-state index contributed by atoms with van der Waals surface area (Å²) >= 11 is 0. The highest BCUT2D eigenvalue weighted by Gasteiger charge is 2.17. The molecule has 0 aromatic heterocycles. The Kier molecular flexibility index (Phi) is 4.43. The lowest BCUT2D eigenvalue weighted by molar-refractivity contribution is -0.123. The van der Waals surface area contributed by atoms with Crippen LogP contribution in [0.4, 0.5) is 0 Å². The van der Waals surface area contributed by atoms with Crippen molar-refractivity contribution in [2.45, 2.75) is 52.1 Å². The normalized spacial score (nSPS) is 23.5. The molecular formula is C11H20O2. The highest BCUT2D eigenvalue weighted by molar-refractivity contribution is 5.79. The van der Waals surface area contributed by atoms with Gasteiger partial charge < -0.3 is 4.74 Å². The van der Waals surface area contributed by atoms with Gasteiger partial charge in [-0.05, 0) is 25.2 Å². The monoisotopic (exact) mass is 184 g/mol. The Hall–Kier alpha value is -0.370. The highest BCUT2D eigenvalue weighted by atomic mass is 16.5. The SMILES string of the molecule is CC(C)CC(=O)C[C@@H]1CCCCO1. The van der Waals surface area contributed by atoms with Gasteiger partial charge in [0.1, 0.15) is 5.78 Å². The maximum atomic E-state index is 11.4. The van der Waals surface area contributed by atoms with Crippen molar-refractivity contribution >= 4 is 5.78 Å². The van der Waals surface area contributed by atoms with Crippen molar-refractivity contribution in [1.82, 2.24) is 0 Å². The molecule has 76 valence electrons. The van der Waals surface area contributed by atoms with Gasteiger partial charge >= 0.3 is 0 Å². The minimum Gasteiger partial charge on any atom is -0.378 e. The van der Waals surface area contributed by atoms with Crippen LogP contribution in [0.25, 0.3) is 0 Å². The summed E-state index contributed by atoms with van der Waals surface area (Å²) in [4.78, 5) is 11.4. The fourth-order valence-electron chi connectivity index (χ4n) is 1.76. The van der Waals surface area contributed by atoms with Crippen LogP contribution in [0.2, 0.25) is 0 Å². The first kappa shape index (κ1) is 10.7. The van der Waals surface area contributed by atoms with Gasteiger partial charge in [-0.1, -0.05) is 13.8 Å². The molecule has 1 fully saturated rings. The van der Waals surface area contributed by atoms with E-state index in [0.29, 0.717) is 24.5 Å². The van der Waals surface area contributed by atoms with Gasteiger partial charge in [-0.25, -0.2) is 0 Å². The molecule has 1 rings (SSSR count). The van der Waals surface area contributed by atoms with Gasteiger partial charge in [0.15, 0.2) is 0 Å². The Morgan fingerprint density at radius 2 is 2.23 bits per heavy atom. The summed E-state index contributed by atoms with van der Waals surface area (Å²) in [7, 11) is 0. The molecule has 2 nitrogen and oxygen atoms in total. The van der Waals surface area contributed by atoms with Crippen LogP contribution in [0.3, 0.4) is 0 Å². The molecule has 1 saturated heterocycles. The molecule has 0 radical (unpaired) electrons. The topological polar surface area (TPSA) is 26.3 Å². The number of Topliss-reactive ketones (excluding diaryl/α,β-unsaturated/α-hetero) is 1. The number of ketones is 1. The van der Waals surface area contributed by atoms with Crippen LogP contribution in [0.1, 0.15) is 46.0 Å². The molecule has 0 aromatic rings. The third-order valence-electron chi connectivity index (χ3n) is 2.37. The second-order valence-corrected chi connectivity index (χ2v) is 4.33. The zero-order valence-corrected chi connectivity index (χ0v) is 8.71. The number of hydrogen-bond acceptors (Lipinski definition) is 2. The minimum absolute atomic E-state index is 0.222. The van der Waals surface area contributed by atoms with Crippen LogP contribution >= 0.6 is 0 Å². The van der Waals surface area contributed by atoms with Crippen molar-refractivity contribution in [2.24, 2.45) is 5.92 Å². The van der Waals surface area contributed by atoms with Crippen molar-refractivity contribution in [3.8, 4) is 0 Å². The Morgan fingerprint density at radius 1 is 1.46 bits per heavy atom. The predicted molar refractivity (Wildman–Crippen MR) is 52.7 cm³/mol. The van der Waals surface area contributed by atoms with Crippen molar-refractivity contribution in [3.05, 3.63) is 0 Å². The molecule has 0 amide bonds. The van der Waals surface area contributed by atoms with Gasteiger partial charge in [0, 0.05) is 19.4 Å². The van der Waals surface area contributed by atoms with Crippen molar-refractivity contribution in [2.75, 3.05) is 6.61 Å². The molecular weight excluding hydrogens is 164 g/mol. The molecule has 0 N–H and O–H groups in total. The molecule has 1 aliphatic heterocycles. The predicted octanol–water partition coefficient (Wildman–Crippen LogP) is 2.56. The molecule has 2 heteroatoms. The number of hydrogen-bond donors (Lipinski definition) is 0. The molecule has 1 atom stereocenters. The summed E-state index contributed by atoms with van der Waals surface area (Å²) < 4.78 is 5.51. The molecule has 1 aliphatic rings. The third kappa shape index (κ3) is 4.41. The van der Waals surface area contributed by atoms with E-state index in [1.807, 2.05) is 0 Å². The molecule has 0 spiro atoms. The zero-order valence-electron chi connectivity index (χ0n) is 8.71. The summed E-state index contributed by atoms with van der Waals surface area (Å²) in [6.45, 7) is 5.01. The lowest BCUT2D eigenvalue weighted by Gasteiger charge is -2.22. The fraction of sp³-hybridized carbons (Fsp3) is 0.909. The molecule has 0 saturated carbocycles. The smallest absolute Gasteiger partial charge is 0.135 e. The van der Waals surface area contributed by atoms with Crippen molar-refractivity contribution in [3.63, 3.8) is 0 Å². The van der Waals surface area contributed by atoms with E-state index in [1.54, 1.807) is 0 Å². The zero-order chi connectivity index (χ0) is 9.68. The summed E-state index contributed by atoms with van der Waals surface area (Å²) in [5, 5.41) is 0. The Bertz CT molecular complexity index is 157. The fourth-order valence-corrected chi connectivity index (χ4v) is 1.76. The van der Waals surface area contributed by atoms with Crippen LogP contribution in [0.5, 0.6) is 0 Å². The van der Waals surface area contributed by atoms with Crippen LogP contribution in [0.15, 0.2) is 0 Å². The largest absolute Gasteiger partial charge is 0.378 e. The molecule has 0 bridgehead atoms. The van der Waals surface area contributed by atoms with E-state index >= 15 is 0 Å². The summed E-state index contributed by atoms with van der Waals surface area (Å²) in [6, 6.07) is 0. The molecule has 0 aromatic carbocycles. The number of rotatable bonds is 4. The number of carbonyl (C=O) groups excluding carboxylic acids is 1. The average Bonchev–Trinajstić information content (AvgIpc) is 2.04. The quantitative estimate of drug-likeness (QED) is 0.671. The van der Waals surface area contributed by atoms with Gasteiger partial charge in [0.05, 0.1) is 6.10 Å². The second kappa shape index (κ2) is 5.38. The number of carbonyl (C=O) groups is 1. The van der Waals surface area contributed by atoms with E-state index in [2.05, 4.69) is 13.8 Å². The van der Waals surface area contributed by atoms with E-state index in [-0.39, 0.29) is 6.10 Å². The van der Waals surface area contributed by atoms with E-state index < -0.39 is 0 Å². The Labute approximate surface area is 80.7 Å². The van der Waals surface area contributed by atoms with Crippen LogP contribution < -0.4 is 0 Å². The van der Waals surface area contributed by atoms with Crippen molar-refractivity contribution < 1.29 is 9.53 Å². The van der Waals surface area contributed by atoms with E-state index in [9.17, 15) is 4.79 Å². The standard InChI is InChI=1S/C11H20O2/c1-9(2)7-10(12)8-11-5-3-4-6-13-11/h9,11H,3-8H2,1-2H3/t11-/m0/s1. The first-order valence-corrected chi connectivity index (χ1v) is 5.32. The van der Waals surface area contributed by atoms with Gasteiger partial charge in [-0.3, -0.25) is 4.79 Å². The number of ether oxygens (including phenoxy) is 1. The molecule has 13 heavy (non-hydrogen) atoms. The van der Waals surface area contributed by atoms with Gasteiger partial charge in [0.2, 0.25) is 0 Å². The first-order chi connectivity index (χ1) is 6.18. The molecule has 1 heterocycles. The molecule has 0 unspecified atom stereocenters. The second-order valence-electron chi connectivity index (χ2n) is 4.33. The van der Waals surface area contributed by atoms with E-state index in [0.717, 1.165) is 19.4 Å². The van der Waals surface area contributed by atoms with Gasteiger partial charge in [-0.2, -0.15) is 0 Å². The van der Waals surface area contributed by atoms with Crippen LogP contribution in [-0.2, 0) is 9.53 Å². The van der Waals surface area contributed by atoms with Crippen LogP contribution in [-0.4, -0.2) is 18.5 Å². The lowest BCUT2D eigenvalue weighted by Crippen LogP contribution is -2.22. The maximum absolute atomic E-state index is 11.4. The maximum Gasteiger partial charge on any atom is 0.135 e.